The number of carbonyl (C=O) groups is 1. The highest BCUT2D eigenvalue weighted by molar-refractivity contribution is 5.71. The van der Waals surface area contributed by atoms with Gasteiger partial charge in [0.05, 0.1) is 19.6 Å². The lowest BCUT2D eigenvalue weighted by Gasteiger charge is -2.24. The maximum atomic E-state index is 12.9. The van der Waals surface area contributed by atoms with E-state index < -0.39 is 0 Å². The molecule has 0 spiro atoms. The van der Waals surface area contributed by atoms with Gasteiger partial charge in [-0.25, -0.2) is 9.97 Å². The van der Waals surface area contributed by atoms with Crippen molar-refractivity contribution in [3.05, 3.63) is 114 Å². The number of ether oxygens (including phenoxy) is 1. The van der Waals surface area contributed by atoms with Crippen LogP contribution < -0.4 is 0 Å². The molecule has 2 aromatic carbocycles. The van der Waals surface area contributed by atoms with Gasteiger partial charge < -0.3 is 19.2 Å². The molecule has 2 heterocycles. The zero-order valence-electron chi connectivity index (χ0n) is 28.6. The number of hydrogen-bond donors (Lipinski definition) is 1. The van der Waals surface area contributed by atoms with E-state index in [1.807, 2.05) is 68.1 Å². The van der Waals surface area contributed by atoms with Gasteiger partial charge in [0.2, 0.25) is 0 Å². The normalized spacial score (nSPS) is 11.8. The van der Waals surface area contributed by atoms with E-state index in [4.69, 9.17) is 4.74 Å². The third kappa shape index (κ3) is 13.3. The van der Waals surface area contributed by atoms with E-state index in [1.54, 1.807) is 6.20 Å². The quantitative estimate of drug-likeness (QED) is 0.0798. The molecule has 0 bridgehead atoms. The maximum absolute atomic E-state index is 12.9. The van der Waals surface area contributed by atoms with Crippen LogP contribution in [0.15, 0.2) is 85.5 Å². The third-order valence-corrected chi connectivity index (χ3v) is 8.13. The summed E-state index contributed by atoms with van der Waals surface area (Å²) >= 11 is 0. The third-order valence-electron chi connectivity index (χ3n) is 8.13. The van der Waals surface area contributed by atoms with Crippen molar-refractivity contribution < 1.29 is 9.53 Å². The number of carbonyl (C=O) groups excluding carboxylic acids is 1. The number of rotatable bonds is 22. The average Bonchev–Trinajstić information content (AvgIpc) is 3.74. The molecule has 4 rings (SSSR count). The Kier molecular flexibility index (Phi) is 15.4. The van der Waals surface area contributed by atoms with E-state index in [2.05, 4.69) is 72.3 Å². The van der Waals surface area contributed by atoms with Gasteiger partial charge in [0.25, 0.3) is 0 Å². The summed E-state index contributed by atoms with van der Waals surface area (Å²) in [5.74, 6) is 1.75. The number of aromatic amines is 1. The van der Waals surface area contributed by atoms with Crippen molar-refractivity contribution >= 4 is 12.0 Å². The number of unbranched alkanes of at least 4 members (excludes halogenated alkanes) is 1. The SMILES string of the molecule is CCCN(CCC)CCCCN(CC(=O)OCC=Cc1ccccc1)Cc1ccc(CN(Cc2ncc[nH]2)Cc2nccn2C)cc1. The van der Waals surface area contributed by atoms with Crippen LogP contribution >= 0.6 is 0 Å². The van der Waals surface area contributed by atoms with Crippen molar-refractivity contribution in [1.82, 2.24) is 34.2 Å². The summed E-state index contributed by atoms with van der Waals surface area (Å²) < 4.78 is 7.66. The van der Waals surface area contributed by atoms with E-state index in [1.165, 1.54) is 24.0 Å². The predicted octanol–water partition coefficient (Wildman–Crippen LogP) is 6.31. The number of nitrogens with one attached hydrogen (secondary N) is 1. The zero-order valence-corrected chi connectivity index (χ0v) is 28.6. The molecule has 0 aliphatic carbocycles. The van der Waals surface area contributed by atoms with Gasteiger partial charge in [-0.3, -0.25) is 14.6 Å². The first kappa shape index (κ1) is 35.8. The number of aromatic nitrogens is 4. The van der Waals surface area contributed by atoms with Crippen LogP contribution in [0.3, 0.4) is 0 Å². The molecule has 0 amide bonds. The summed E-state index contributed by atoms with van der Waals surface area (Å²) in [6, 6.07) is 18.8. The summed E-state index contributed by atoms with van der Waals surface area (Å²) in [5, 5.41) is 0. The fourth-order valence-electron chi connectivity index (χ4n) is 5.75. The molecule has 0 aliphatic rings. The smallest absolute Gasteiger partial charge is 0.320 e. The van der Waals surface area contributed by atoms with Gasteiger partial charge in [-0.2, -0.15) is 0 Å². The van der Waals surface area contributed by atoms with E-state index in [9.17, 15) is 4.79 Å². The fourth-order valence-corrected chi connectivity index (χ4v) is 5.75. The van der Waals surface area contributed by atoms with Crippen molar-refractivity contribution in [3.8, 4) is 0 Å². The van der Waals surface area contributed by atoms with Gasteiger partial charge >= 0.3 is 5.97 Å². The van der Waals surface area contributed by atoms with Crippen molar-refractivity contribution in [2.24, 2.45) is 7.05 Å². The average molecular weight is 640 g/mol. The molecule has 0 saturated heterocycles. The molecule has 252 valence electrons. The highest BCUT2D eigenvalue weighted by Gasteiger charge is 2.15. The number of aryl methyl sites for hydroxylation is 1. The molecular formula is C38H53N7O2. The molecule has 9 nitrogen and oxygen atoms in total. The van der Waals surface area contributed by atoms with Crippen LogP contribution in [0.4, 0.5) is 0 Å². The Bertz CT molecular complexity index is 1430. The lowest BCUT2D eigenvalue weighted by molar-refractivity contribution is -0.143. The molecule has 0 aliphatic heterocycles. The lowest BCUT2D eigenvalue weighted by atomic mass is 10.1. The Morgan fingerprint density at radius 3 is 2.11 bits per heavy atom. The summed E-state index contributed by atoms with van der Waals surface area (Å²) in [7, 11) is 2.03. The highest BCUT2D eigenvalue weighted by Crippen LogP contribution is 2.15. The Morgan fingerprint density at radius 1 is 0.809 bits per heavy atom. The van der Waals surface area contributed by atoms with Gasteiger partial charge in [0, 0.05) is 44.9 Å². The zero-order chi connectivity index (χ0) is 33.1. The molecule has 0 radical (unpaired) electrons. The summed E-state index contributed by atoms with van der Waals surface area (Å²) in [6.07, 6.45) is 15.9. The topological polar surface area (TPSA) is 82.5 Å². The Balaban J connectivity index is 1.34. The minimum absolute atomic E-state index is 0.194. The molecule has 1 N–H and O–H groups in total. The first-order chi connectivity index (χ1) is 23.0. The van der Waals surface area contributed by atoms with Crippen molar-refractivity contribution in [1.29, 1.82) is 0 Å². The summed E-state index contributed by atoms with van der Waals surface area (Å²) in [6.45, 7) is 12.2. The van der Waals surface area contributed by atoms with Crippen molar-refractivity contribution in [3.63, 3.8) is 0 Å². The number of H-pyrrole nitrogens is 1. The van der Waals surface area contributed by atoms with Gasteiger partial charge in [0.1, 0.15) is 18.3 Å². The first-order valence-electron chi connectivity index (χ1n) is 17.1. The van der Waals surface area contributed by atoms with Gasteiger partial charge in [-0.05, 0) is 74.6 Å². The molecule has 9 heteroatoms. The first-order valence-corrected chi connectivity index (χ1v) is 17.1. The number of nitrogens with zero attached hydrogens (tertiary/aromatic N) is 6. The van der Waals surface area contributed by atoms with E-state index in [0.717, 1.165) is 69.3 Å². The lowest BCUT2D eigenvalue weighted by Crippen LogP contribution is -2.32. The van der Waals surface area contributed by atoms with Crippen LogP contribution in [-0.4, -0.2) is 79.5 Å². The van der Waals surface area contributed by atoms with Crippen LogP contribution in [0.2, 0.25) is 0 Å². The Hall–Kier alpha value is -4.05. The molecule has 0 unspecified atom stereocenters. The minimum atomic E-state index is -0.194. The monoisotopic (exact) mass is 639 g/mol. The second-order valence-electron chi connectivity index (χ2n) is 12.2. The van der Waals surface area contributed by atoms with Crippen LogP contribution in [-0.2, 0) is 42.8 Å². The molecular weight excluding hydrogens is 586 g/mol. The molecule has 4 aromatic rings. The van der Waals surface area contributed by atoms with Crippen molar-refractivity contribution in [2.75, 3.05) is 39.3 Å². The highest BCUT2D eigenvalue weighted by atomic mass is 16.5. The van der Waals surface area contributed by atoms with Crippen LogP contribution in [0.1, 0.15) is 67.9 Å². The van der Waals surface area contributed by atoms with Crippen LogP contribution in [0.25, 0.3) is 6.08 Å². The number of benzene rings is 2. The predicted molar refractivity (Wildman–Crippen MR) is 189 cm³/mol. The molecule has 2 aromatic heterocycles. The molecule has 47 heavy (non-hydrogen) atoms. The Morgan fingerprint density at radius 2 is 1.49 bits per heavy atom. The van der Waals surface area contributed by atoms with E-state index >= 15 is 0 Å². The van der Waals surface area contributed by atoms with Crippen LogP contribution in [0.5, 0.6) is 0 Å². The fraction of sp³-hybridized carbons (Fsp3) is 0.447. The molecule has 0 atom stereocenters. The summed E-state index contributed by atoms with van der Waals surface area (Å²) in [5.41, 5.74) is 3.50. The second kappa shape index (κ2) is 20.2. The van der Waals surface area contributed by atoms with Crippen LogP contribution in [0, 0.1) is 0 Å². The molecule has 0 saturated carbocycles. The Labute approximate surface area is 281 Å². The maximum Gasteiger partial charge on any atom is 0.320 e. The standard InChI is InChI=1S/C38H53N7O2/c1-4-22-43(23-5-2)24-9-10-25-44(32-38(46)47-27-11-14-33-12-7-6-8-13-33)28-34-15-17-35(18-16-34)29-45(30-36-39-19-20-40-36)31-37-41-21-26-42(37)3/h6-8,11-21,26H,4-5,9-10,22-25,27-32H2,1-3H3,(H,39,40). The largest absolute Gasteiger partial charge is 0.460 e. The minimum Gasteiger partial charge on any atom is -0.460 e. The van der Waals surface area contributed by atoms with Gasteiger partial charge in [-0.1, -0.05) is 74.5 Å². The van der Waals surface area contributed by atoms with Gasteiger partial charge in [0.15, 0.2) is 0 Å². The number of esters is 1. The summed E-state index contributed by atoms with van der Waals surface area (Å²) in [4.78, 5) is 32.2. The number of hydrogen-bond acceptors (Lipinski definition) is 7. The second-order valence-corrected chi connectivity index (χ2v) is 12.2. The van der Waals surface area contributed by atoms with Gasteiger partial charge in [-0.15, -0.1) is 0 Å². The van der Waals surface area contributed by atoms with Crippen molar-refractivity contribution in [2.45, 2.75) is 65.7 Å². The van der Waals surface area contributed by atoms with E-state index in [0.29, 0.717) is 13.1 Å². The van der Waals surface area contributed by atoms with E-state index in [-0.39, 0.29) is 19.1 Å². The number of imidazole rings is 2. The molecule has 0 fully saturated rings.